The number of nitro groups is 1. The van der Waals surface area contributed by atoms with Crippen LogP contribution in [-0.2, 0) is 27.8 Å². The molecule has 1 heterocycles. The van der Waals surface area contributed by atoms with Gasteiger partial charge in [-0.3, -0.25) is 25.8 Å². The number of rotatable bonds is 12. The van der Waals surface area contributed by atoms with E-state index in [0.717, 1.165) is 26.8 Å². The molecule has 40 heavy (non-hydrogen) atoms. The molecule has 0 atom stereocenters. The summed E-state index contributed by atoms with van der Waals surface area (Å²) in [4.78, 5) is 25.2. The number of nitro benzene ring substituents is 1. The van der Waals surface area contributed by atoms with Gasteiger partial charge in [-0.15, -0.1) is 0 Å². The normalized spacial score (nSPS) is 11.3. The molecule has 12 nitrogen and oxygen atoms in total. The Morgan fingerprint density at radius 1 is 1.07 bits per heavy atom. The summed E-state index contributed by atoms with van der Waals surface area (Å²) in [6.45, 7) is -0.538. The van der Waals surface area contributed by atoms with E-state index in [2.05, 4.69) is 21.2 Å². The molecular formula is C26H26N6O6S2. The summed E-state index contributed by atoms with van der Waals surface area (Å²) in [5.74, 6) is -1.36. The topological polar surface area (TPSA) is 170 Å². The molecule has 5 N–H and O–H groups in total. The van der Waals surface area contributed by atoms with Crippen LogP contribution >= 0.6 is 12.2 Å². The van der Waals surface area contributed by atoms with Crippen LogP contribution in [0.2, 0.25) is 0 Å². The zero-order chi connectivity index (χ0) is 28.7. The van der Waals surface area contributed by atoms with Crippen LogP contribution in [0.25, 0.3) is 10.9 Å². The van der Waals surface area contributed by atoms with Crippen LogP contribution in [0.5, 0.6) is 0 Å². The Bertz CT molecular complexity index is 1640. The fourth-order valence-corrected chi connectivity index (χ4v) is 5.61. The van der Waals surface area contributed by atoms with Gasteiger partial charge in [-0.1, -0.05) is 48.5 Å². The van der Waals surface area contributed by atoms with Gasteiger partial charge in [0.2, 0.25) is 10.0 Å². The molecule has 0 unspecified atom stereocenters. The molecule has 0 radical (unpaired) electrons. The van der Waals surface area contributed by atoms with Crippen LogP contribution in [0.4, 0.5) is 11.4 Å². The number of sulfonamides is 1. The van der Waals surface area contributed by atoms with E-state index >= 15 is 0 Å². The van der Waals surface area contributed by atoms with Gasteiger partial charge in [0.1, 0.15) is 12.2 Å². The Morgan fingerprint density at radius 2 is 1.80 bits per heavy atom. The first kappa shape index (κ1) is 28.5. The lowest BCUT2D eigenvalue weighted by Gasteiger charge is -2.21. The smallest absolute Gasteiger partial charge is 0.318 e. The summed E-state index contributed by atoms with van der Waals surface area (Å²) in [5, 5.41) is 25.4. The number of para-hydroxylation sites is 1. The molecule has 0 spiro atoms. The monoisotopic (exact) mass is 582 g/mol. The van der Waals surface area contributed by atoms with E-state index in [0.29, 0.717) is 18.5 Å². The molecule has 0 aliphatic carbocycles. The number of aromatic amines is 1. The van der Waals surface area contributed by atoms with Crippen LogP contribution in [0.3, 0.4) is 0 Å². The molecule has 0 fully saturated rings. The number of hydrogen-bond donors (Lipinski definition) is 5. The summed E-state index contributed by atoms with van der Waals surface area (Å²) in [7, 11) is -4.39. The molecule has 0 bridgehead atoms. The molecular weight excluding hydrogens is 556 g/mol. The van der Waals surface area contributed by atoms with Gasteiger partial charge in [0.25, 0.3) is 5.69 Å². The fourth-order valence-electron chi connectivity index (χ4n) is 4.06. The van der Waals surface area contributed by atoms with Gasteiger partial charge in [0, 0.05) is 36.3 Å². The quantitative estimate of drug-likeness (QED) is 0.0948. The number of nitrogens with zero attached hydrogens (tertiary/aromatic N) is 2. The zero-order valence-corrected chi connectivity index (χ0v) is 22.7. The number of aromatic nitrogens is 1. The Labute approximate surface area is 235 Å². The Morgan fingerprint density at radius 3 is 2.52 bits per heavy atom. The number of anilines is 1. The largest absolute Gasteiger partial charge is 0.480 e. The number of nitrogens with one attached hydrogen (secondary N) is 4. The maximum atomic E-state index is 13.3. The van der Waals surface area contributed by atoms with Crippen LogP contribution in [-0.4, -0.2) is 51.9 Å². The van der Waals surface area contributed by atoms with Crippen molar-refractivity contribution in [3.63, 3.8) is 0 Å². The molecule has 1 aromatic heterocycles. The van der Waals surface area contributed by atoms with Crippen molar-refractivity contribution >= 4 is 55.6 Å². The molecule has 0 saturated heterocycles. The van der Waals surface area contributed by atoms with Gasteiger partial charge in [0.05, 0.1) is 9.82 Å². The molecule has 3 aromatic carbocycles. The summed E-state index contributed by atoms with van der Waals surface area (Å²) in [6.07, 6.45) is 2.60. The second-order valence-electron chi connectivity index (χ2n) is 8.70. The first-order chi connectivity index (χ1) is 19.1. The molecule has 4 aromatic rings. The predicted octanol–water partition coefficient (Wildman–Crippen LogP) is 3.39. The van der Waals surface area contributed by atoms with Crippen molar-refractivity contribution in [2.24, 2.45) is 0 Å². The van der Waals surface area contributed by atoms with Gasteiger partial charge in [0.15, 0.2) is 5.11 Å². The minimum Gasteiger partial charge on any atom is -0.480 e. The Hall–Kier alpha value is -4.53. The van der Waals surface area contributed by atoms with Gasteiger partial charge in [-0.2, -0.15) is 4.31 Å². The number of carboxylic acid groups (broad SMARTS) is 1. The standard InChI is InChI=1S/C26H26N6O6S2/c33-25(34)17-31(16-18-6-2-1-3-7-18)40(37,38)20-10-11-23(24(14-20)32(35)36)29-30-26(39)27-13-12-19-15-28-22-9-5-4-8-21(19)22/h1-11,14-15,28-29H,12-13,16-17H2,(H,33,34)(H2,27,30,39). The first-order valence-corrected chi connectivity index (χ1v) is 13.9. The molecule has 0 saturated carbocycles. The maximum absolute atomic E-state index is 13.3. The van der Waals surface area contributed by atoms with Crippen LogP contribution in [0.15, 0.2) is 83.9 Å². The van der Waals surface area contributed by atoms with Crippen molar-refractivity contribution in [1.29, 1.82) is 0 Å². The average Bonchev–Trinajstić information content (AvgIpc) is 3.34. The highest BCUT2D eigenvalue weighted by Gasteiger charge is 2.29. The van der Waals surface area contributed by atoms with E-state index < -0.39 is 38.0 Å². The first-order valence-electron chi connectivity index (χ1n) is 12.0. The molecule has 208 valence electrons. The maximum Gasteiger partial charge on any atom is 0.318 e. The van der Waals surface area contributed by atoms with Crippen LogP contribution in [0.1, 0.15) is 11.1 Å². The molecule has 0 aliphatic heterocycles. The van der Waals surface area contributed by atoms with E-state index in [1.165, 1.54) is 12.1 Å². The SMILES string of the molecule is O=C(O)CN(Cc1ccccc1)S(=O)(=O)c1ccc(NNC(=S)NCCc2c[nH]c3ccccc23)c([N+](=O)[O-])c1. The zero-order valence-electron chi connectivity index (χ0n) is 21.0. The number of carbonyl (C=O) groups is 1. The van der Waals surface area contributed by atoms with Crippen molar-refractivity contribution in [3.05, 3.63) is 100 Å². The summed E-state index contributed by atoms with van der Waals surface area (Å²) < 4.78 is 27.3. The van der Waals surface area contributed by atoms with Crippen molar-refractivity contribution < 1.29 is 23.2 Å². The number of hydrogen-bond acceptors (Lipinski definition) is 7. The summed E-state index contributed by atoms with van der Waals surface area (Å²) in [5.41, 5.74) is 7.45. The number of benzene rings is 3. The van der Waals surface area contributed by atoms with Gasteiger partial charge in [-0.05, 0) is 48.0 Å². The van der Waals surface area contributed by atoms with Crippen molar-refractivity contribution in [3.8, 4) is 0 Å². The second-order valence-corrected chi connectivity index (χ2v) is 11.1. The lowest BCUT2D eigenvalue weighted by molar-refractivity contribution is -0.384. The van der Waals surface area contributed by atoms with Gasteiger partial charge in [-0.25, -0.2) is 8.42 Å². The van der Waals surface area contributed by atoms with Crippen molar-refractivity contribution in [2.45, 2.75) is 17.9 Å². The van der Waals surface area contributed by atoms with Crippen molar-refractivity contribution in [2.75, 3.05) is 18.5 Å². The second kappa shape index (κ2) is 12.5. The molecule has 0 aliphatic rings. The number of carboxylic acids is 1. The number of thiocarbonyl (C=S) groups is 1. The van der Waals surface area contributed by atoms with Crippen LogP contribution in [0, 0.1) is 10.1 Å². The van der Waals surface area contributed by atoms with E-state index in [-0.39, 0.29) is 17.3 Å². The third kappa shape index (κ3) is 6.91. The Kier molecular flexibility index (Phi) is 8.93. The molecule has 14 heteroatoms. The van der Waals surface area contributed by atoms with Gasteiger partial charge >= 0.3 is 5.97 Å². The summed E-state index contributed by atoms with van der Waals surface area (Å²) in [6, 6.07) is 19.6. The highest BCUT2D eigenvalue weighted by atomic mass is 32.2. The van der Waals surface area contributed by atoms with Crippen molar-refractivity contribution in [1.82, 2.24) is 20.0 Å². The Balaban J connectivity index is 1.43. The van der Waals surface area contributed by atoms with E-state index in [1.807, 2.05) is 30.5 Å². The van der Waals surface area contributed by atoms with E-state index in [4.69, 9.17) is 12.2 Å². The fraction of sp³-hybridized carbons (Fsp3) is 0.154. The highest BCUT2D eigenvalue weighted by molar-refractivity contribution is 7.89. The predicted molar refractivity (Wildman–Crippen MR) is 154 cm³/mol. The lowest BCUT2D eigenvalue weighted by atomic mass is 10.1. The van der Waals surface area contributed by atoms with Gasteiger partial charge < -0.3 is 15.4 Å². The minimum absolute atomic E-state index is 0.0300. The number of aliphatic carboxylic acids is 1. The number of fused-ring (bicyclic) bond motifs is 1. The lowest BCUT2D eigenvalue weighted by Crippen LogP contribution is -2.39. The molecule has 0 amide bonds. The average molecular weight is 583 g/mol. The summed E-state index contributed by atoms with van der Waals surface area (Å²) >= 11 is 5.25. The number of H-pyrrole nitrogens is 1. The number of hydrazine groups is 1. The van der Waals surface area contributed by atoms with E-state index in [1.54, 1.807) is 30.3 Å². The highest BCUT2D eigenvalue weighted by Crippen LogP contribution is 2.29. The van der Waals surface area contributed by atoms with Crippen LogP contribution < -0.4 is 16.2 Å². The third-order valence-electron chi connectivity index (χ3n) is 5.98. The molecule has 4 rings (SSSR count). The third-order valence-corrected chi connectivity index (χ3v) is 8.02. The minimum atomic E-state index is -4.39. The van der Waals surface area contributed by atoms with E-state index in [9.17, 15) is 28.4 Å².